The monoisotopic (exact) mass is 358 g/mol. The molecule has 2 N–H and O–H groups in total. The molecule has 1 fully saturated rings. The van der Waals surface area contributed by atoms with Crippen molar-refractivity contribution in [2.45, 2.75) is 18.6 Å². The van der Waals surface area contributed by atoms with E-state index >= 15 is 0 Å². The number of fused-ring (bicyclic) bond motifs is 1. The number of imidazole rings is 1. The zero-order valence-electron chi connectivity index (χ0n) is 13.8. The first-order valence-electron chi connectivity index (χ1n) is 8.23. The van der Waals surface area contributed by atoms with Crippen molar-refractivity contribution in [1.29, 1.82) is 0 Å². The molecule has 0 spiro atoms. The number of aryl methyl sites for hydroxylation is 1. The normalized spacial score (nSPS) is 21.0. The van der Waals surface area contributed by atoms with Gasteiger partial charge in [0.1, 0.15) is 11.6 Å². The highest BCUT2D eigenvalue weighted by Crippen LogP contribution is 2.32. The van der Waals surface area contributed by atoms with E-state index in [2.05, 4.69) is 4.98 Å². The second kappa shape index (κ2) is 6.29. The van der Waals surface area contributed by atoms with Gasteiger partial charge >= 0.3 is 0 Å². The molecule has 25 heavy (non-hydrogen) atoms. The van der Waals surface area contributed by atoms with Crippen molar-refractivity contribution in [1.82, 2.24) is 14.5 Å². The summed E-state index contributed by atoms with van der Waals surface area (Å²) >= 11 is 6.40. The largest absolute Gasteiger partial charge is 0.390 e. The number of β-amino-alcohol motifs (C(OH)–C–C–N with tert-alkyl or cyclic N) is 1. The third-order valence-electron chi connectivity index (χ3n) is 4.74. The molecule has 2 atom stereocenters. The fraction of sp³-hybridized carbons (Fsp3) is 0.333. The Morgan fingerprint density at radius 2 is 2.00 bits per heavy atom. The van der Waals surface area contributed by atoms with Crippen molar-refractivity contribution in [2.24, 2.45) is 7.05 Å². The topological polar surface area (TPSA) is 74.4 Å². The SMILES string of the molecule is Cn1c(-c2cc(N3CC[C@@H](O)[C@@H](O)C3)ncc2Cl)nc2ccccc21. The molecule has 0 saturated carbocycles. The number of hydrogen-bond donors (Lipinski definition) is 2. The number of halogens is 1. The van der Waals surface area contributed by atoms with Gasteiger partial charge in [0, 0.05) is 31.9 Å². The lowest BCUT2D eigenvalue weighted by Gasteiger charge is -2.34. The first kappa shape index (κ1) is 16.3. The van der Waals surface area contributed by atoms with Crippen LogP contribution in [0.5, 0.6) is 0 Å². The summed E-state index contributed by atoms with van der Waals surface area (Å²) in [5.41, 5.74) is 2.74. The number of piperidine rings is 1. The summed E-state index contributed by atoms with van der Waals surface area (Å²) in [6.07, 6.45) is 0.670. The van der Waals surface area contributed by atoms with E-state index in [-0.39, 0.29) is 0 Å². The highest BCUT2D eigenvalue weighted by Gasteiger charge is 2.27. The average Bonchev–Trinajstić information content (AvgIpc) is 2.95. The number of benzene rings is 1. The Labute approximate surface area is 150 Å². The van der Waals surface area contributed by atoms with Crippen molar-refractivity contribution in [3.05, 3.63) is 41.6 Å². The van der Waals surface area contributed by atoms with Crippen LogP contribution in [0.4, 0.5) is 5.82 Å². The summed E-state index contributed by atoms with van der Waals surface area (Å²) in [4.78, 5) is 11.1. The number of hydrogen-bond acceptors (Lipinski definition) is 5. The zero-order chi connectivity index (χ0) is 17.6. The van der Waals surface area contributed by atoms with Gasteiger partial charge in [-0.1, -0.05) is 23.7 Å². The van der Waals surface area contributed by atoms with Crippen molar-refractivity contribution in [3.8, 4) is 11.4 Å². The molecule has 7 heteroatoms. The molecule has 0 aliphatic carbocycles. The number of anilines is 1. The molecule has 3 aromatic rings. The Balaban J connectivity index is 1.76. The van der Waals surface area contributed by atoms with Gasteiger partial charge in [-0.3, -0.25) is 0 Å². The van der Waals surface area contributed by atoms with Crippen LogP contribution in [0.3, 0.4) is 0 Å². The predicted molar refractivity (Wildman–Crippen MR) is 97.8 cm³/mol. The van der Waals surface area contributed by atoms with Crippen LogP contribution in [0.2, 0.25) is 5.02 Å². The third-order valence-corrected chi connectivity index (χ3v) is 5.04. The molecule has 1 saturated heterocycles. The van der Waals surface area contributed by atoms with Gasteiger partial charge in [0.25, 0.3) is 0 Å². The Morgan fingerprint density at radius 1 is 1.20 bits per heavy atom. The lowest BCUT2D eigenvalue weighted by atomic mass is 10.0. The molecule has 0 radical (unpaired) electrons. The molecule has 0 bridgehead atoms. The van der Waals surface area contributed by atoms with Crippen LogP contribution in [-0.2, 0) is 7.05 Å². The average molecular weight is 359 g/mol. The number of aliphatic hydroxyl groups excluding tert-OH is 2. The number of pyridine rings is 1. The second-order valence-corrected chi connectivity index (χ2v) is 6.78. The highest BCUT2D eigenvalue weighted by atomic mass is 35.5. The molecule has 0 unspecified atom stereocenters. The van der Waals surface area contributed by atoms with E-state index in [4.69, 9.17) is 16.6 Å². The molecular weight excluding hydrogens is 340 g/mol. The van der Waals surface area contributed by atoms with E-state index in [0.717, 1.165) is 28.2 Å². The van der Waals surface area contributed by atoms with E-state index in [1.165, 1.54) is 0 Å². The van der Waals surface area contributed by atoms with Crippen LogP contribution in [0, 0.1) is 0 Å². The van der Waals surface area contributed by atoms with Gasteiger partial charge in [0.15, 0.2) is 0 Å². The number of rotatable bonds is 2. The Hall–Kier alpha value is -2.15. The van der Waals surface area contributed by atoms with Crippen LogP contribution in [0.25, 0.3) is 22.4 Å². The van der Waals surface area contributed by atoms with Crippen LogP contribution in [0.1, 0.15) is 6.42 Å². The van der Waals surface area contributed by atoms with Crippen LogP contribution >= 0.6 is 11.6 Å². The molecule has 1 aliphatic rings. The lowest BCUT2D eigenvalue weighted by molar-refractivity contribution is 0.00786. The molecule has 1 aromatic carbocycles. The summed E-state index contributed by atoms with van der Waals surface area (Å²) in [6, 6.07) is 9.82. The summed E-state index contributed by atoms with van der Waals surface area (Å²) in [6.45, 7) is 0.979. The number of nitrogens with zero attached hydrogens (tertiary/aromatic N) is 4. The molecule has 1 aliphatic heterocycles. The number of aromatic nitrogens is 3. The van der Waals surface area contributed by atoms with Gasteiger partial charge in [-0.15, -0.1) is 0 Å². The maximum absolute atomic E-state index is 9.93. The van der Waals surface area contributed by atoms with Gasteiger partial charge in [0.2, 0.25) is 0 Å². The maximum Gasteiger partial charge on any atom is 0.142 e. The first-order valence-corrected chi connectivity index (χ1v) is 8.61. The van der Waals surface area contributed by atoms with Gasteiger partial charge in [-0.25, -0.2) is 9.97 Å². The maximum atomic E-state index is 9.93. The zero-order valence-corrected chi connectivity index (χ0v) is 14.6. The fourth-order valence-corrected chi connectivity index (χ4v) is 3.47. The molecule has 4 rings (SSSR count). The van der Waals surface area contributed by atoms with E-state index in [1.54, 1.807) is 6.20 Å². The van der Waals surface area contributed by atoms with E-state index in [9.17, 15) is 10.2 Å². The Morgan fingerprint density at radius 3 is 2.76 bits per heavy atom. The Bertz CT molecular complexity index is 927. The number of aliphatic hydroxyl groups is 2. The van der Waals surface area contributed by atoms with Crippen LogP contribution < -0.4 is 4.90 Å². The van der Waals surface area contributed by atoms with Crippen molar-refractivity contribution >= 4 is 28.5 Å². The predicted octanol–water partition coefficient (Wildman–Crippen LogP) is 2.22. The van der Waals surface area contributed by atoms with Gasteiger partial charge in [0.05, 0.1) is 28.3 Å². The summed E-state index contributed by atoms with van der Waals surface area (Å²) in [7, 11) is 1.96. The molecule has 0 amide bonds. The molecule has 6 nitrogen and oxygen atoms in total. The van der Waals surface area contributed by atoms with Crippen molar-refractivity contribution in [2.75, 3.05) is 18.0 Å². The Kier molecular flexibility index (Phi) is 4.11. The van der Waals surface area contributed by atoms with Crippen LogP contribution in [-0.4, -0.2) is 50.0 Å². The first-order chi connectivity index (χ1) is 12.0. The minimum atomic E-state index is -0.773. The highest BCUT2D eigenvalue weighted by molar-refractivity contribution is 6.33. The van der Waals surface area contributed by atoms with Crippen LogP contribution in [0.15, 0.2) is 36.5 Å². The fourth-order valence-electron chi connectivity index (χ4n) is 3.29. The minimum Gasteiger partial charge on any atom is -0.390 e. The van der Waals surface area contributed by atoms with Gasteiger partial charge in [-0.2, -0.15) is 0 Å². The third kappa shape index (κ3) is 2.86. The van der Waals surface area contributed by atoms with E-state index in [0.29, 0.717) is 24.5 Å². The summed E-state index contributed by atoms with van der Waals surface area (Å²) in [5.74, 6) is 1.49. The smallest absolute Gasteiger partial charge is 0.142 e. The van der Waals surface area contributed by atoms with Crippen molar-refractivity contribution < 1.29 is 10.2 Å². The quantitative estimate of drug-likeness (QED) is 0.734. The molecule has 130 valence electrons. The standard InChI is InChI=1S/C18H19ClN4O2/c1-22-14-5-3-2-4-13(14)21-18(22)11-8-17(20-9-12(11)19)23-7-6-15(24)16(25)10-23/h2-5,8-9,15-16,24-25H,6-7,10H2,1H3/t15-,16+/m1/s1. The van der Waals surface area contributed by atoms with Gasteiger partial charge in [-0.05, 0) is 24.6 Å². The van der Waals surface area contributed by atoms with Gasteiger partial charge < -0.3 is 19.7 Å². The molecule has 2 aromatic heterocycles. The lowest BCUT2D eigenvalue weighted by Crippen LogP contribution is -2.47. The van der Waals surface area contributed by atoms with E-state index in [1.807, 2.05) is 46.8 Å². The van der Waals surface area contributed by atoms with E-state index < -0.39 is 12.2 Å². The molecule has 3 heterocycles. The number of para-hydroxylation sites is 2. The van der Waals surface area contributed by atoms with Crippen molar-refractivity contribution in [3.63, 3.8) is 0 Å². The molecular formula is C18H19ClN4O2. The second-order valence-electron chi connectivity index (χ2n) is 6.37. The minimum absolute atomic E-state index is 0.345. The summed E-state index contributed by atoms with van der Waals surface area (Å²) < 4.78 is 2.01. The summed E-state index contributed by atoms with van der Waals surface area (Å²) in [5, 5.41) is 20.2.